The third kappa shape index (κ3) is 11.0. The van der Waals surface area contributed by atoms with E-state index < -0.39 is 0 Å². The zero-order valence-corrected chi connectivity index (χ0v) is 15.2. The molecule has 0 aliphatic heterocycles. The second kappa shape index (κ2) is 14.4. The highest BCUT2D eigenvalue weighted by Gasteiger charge is 2.05. The van der Waals surface area contributed by atoms with Gasteiger partial charge in [-0.1, -0.05) is 64.7 Å². The van der Waals surface area contributed by atoms with Crippen molar-refractivity contribution in [2.24, 2.45) is 0 Å². The number of nitrogens with two attached hydrogens (primary N) is 1. The van der Waals surface area contributed by atoms with Crippen LogP contribution in [0.2, 0.25) is 0 Å². The smallest absolute Gasteiger partial charge is 0.338 e. The number of carbonyl (C=O) groups excluding carboxylic acids is 1. The summed E-state index contributed by atoms with van der Waals surface area (Å²) >= 11 is 0. The second-order valence-electron chi connectivity index (χ2n) is 5.94. The molecule has 0 unspecified atom stereocenters. The zero-order chi connectivity index (χ0) is 16.0. The van der Waals surface area contributed by atoms with Gasteiger partial charge in [-0.25, -0.2) is 4.79 Å². The first-order valence-electron chi connectivity index (χ1n) is 8.76. The predicted molar refractivity (Wildman–Crippen MR) is 100 cm³/mol. The van der Waals surface area contributed by atoms with E-state index in [1.54, 1.807) is 24.3 Å². The van der Waals surface area contributed by atoms with Crippen LogP contribution in [0.4, 0.5) is 5.69 Å². The van der Waals surface area contributed by atoms with E-state index in [0.29, 0.717) is 17.9 Å². The number of ether oxygens (including phenoxy) is 1. The van der Waals surface area contributed by atoms with Crippen molar-refractivity contribution in [3.63, 3.8) is 0 Å². The minimum Gasteiger partial charge on any atom is -0.462 e. The Labute approximate surface area is 147 Å². The number of benzene rings is 1. The van der Waals surface area contributed by atoms with Crippen molar-refractivity contribution >= 4 is 24.1 Å². The normalized spacial score (nSPS) is 10.1. The second-order valence-corrected chi connectivity index (χ2v) is 5.94. The van der Waals surface area contributed by atoms with E-state index in [1.807, 2.05) is 0 Å². The van der Waals surface area contributed by atoms with Gasteiger partial charge in [-0.15, -0.1) is 12.4 Å². The highest BCUT2D eigenvalue weighted by atomic mass is 35.5. The van der Waals surface area contributed by atoms with Crippen LogP contribution in [-0.4, -0.2) is 12.6 Å². The first kappa shape index (κ1) is 21.8. The standard InChI is InChI=1S/C19H31NO2.ClH/c1-2-3-4-5-6-7-8-9-10-11-16-22-19(21)17-12-14-18(20)15-13-17;/h12-15H,2-11,16,20H2,1H3;1H. The lowest BCUT2D eigenvalue weighted by molar-refractivity contribution is 0.0497. The lowest BCUT2D eigenvalue weighted by Gasteiger charge is -2.05. The van der Waals surface area contributed by atoms with Gasteiger partial charge in [-0.05, 0) is 30.7 Å². The van der Waals surface area contributed by atoms with Crippen LogP contribution in [0.25, 0.3) is 0 Å². The molecule has 0 amide bonds. The molecule has 0 radical (unpaired) electrons. The molecular weight excluding hydrogens is 310 g/mol. The van der Waals surface area contributed by atoms with Gasteiger partial charge in [-0.3, -0.25) is 0 Å². The van der Waals surface area contributed by atoms with Gasteiger partial charge in [0.05, 0.1) is 12.2 Å². The first-order chi connectivity index (χ1) is 10.7. The molecule has 2 N–H and O–H groups in total. The molecule has 0 heterocycles. The van der Waals surface area contributed by atoms with Crippen molar-refractivity contribution in [3.05, 3.63) is 29.8 Å². The zero-order valence-electron chi connectivity index (χ0n) is 14.4. The van der Waals surface area contributed by atoms with Crippen LogP contribution in [0.3, 0.4) is 0 Å². The van der Waals surface area contributed by atoms with Gasteiger partial charge in [0, 0.05) is 5.69 Å². The Bertz CT molecular complexity index is 406. The van der Waals surface area contributed by atoms with Crippen molar-refractivity contribution in [3.8, 4) is 0 Å². The number of hydrogen-bond acceptors (Lipinski definition) is 3. The number of hydrogen-bond donors (Lipinski definition) is 1. The minimum absolute atomic E-state index is 0. The van der Waals surface area contributed by atoms with Crippen LogP contribution in [0.1, 0.15) is 81.5 Å². The van der Waals surface area contributed by atoms with Crippen LogP contribution in [0, 0.1) is 0 Å². The molecule has 23 heavy (non-hydrogen) atoms. The molecule has 0 saturated carbocycles. The van der Waals surface area contributed by atoms with E-state index >= 15 is 0 Å². The number of anilines is 1. The topological polar surface area (TPSA) is 52.3 Å². The van der Waals surface area contributed by atoms with Gasteiger partial charge >= 0.3 is 5.97 Å². The Hall–Kier alpha value is -1.22. The molecule has 3 nitrogen and oxygen atoms in total. The van der Waals surface area contributed by atoms with E-state index in [4.69, 9.17) is 10.5 Å². The molecule has 132 valence electrons. The van der Waals surface area contributed by atoms with Crippen LogP contribution < -0.4 is 5.73 Å². The summed E-state index contributed by atoms with van der Waals surface area (Å²) in [4.78, 5) is 11.8. The Morgan fingerprint density at radius 1 is 0.870 bits per heavy atom. The van der Waals surface area contributed by atoms with Gasteiger partial charge < -0.3 is 10.5 Å². The highest BCUT2D eigenvalue weighted by molar-refractivity contribution is 5.89. The fourth-order valence-electron chi connectivity index (χ4n) is 2.46. The van der Waals surface area contributed by atoms with Crippen molar-refractivity contribution in [2.75, 3.05) is 12.3 Å². The van der Waals surface area contributed by atoms with E-state index in [2.05, 4.69) is 6.92 Å². The molecule has 0 fully saturated rings. The van der Waals surface area contributed by atoms with Gasteiger partial charge in [0.15, 0.2) is 0 Å². The molecule has 0 spiro atoms. The van der Waals surface area contributed by atoms with E-state index in [9.17, 15) is 4.79 Å². The largest absolute Gasteiger partial charge is 0.462 e. The predicted octanol–water partition coefficient (Wildman–Crippen LogP) is 5.77. The molecule has 0 atom stereocenters. The summed E-state index contributed by atoms with van der Waals surface area (Å²) in [7, 11) is 0. The van der Waals surface area contributed by atoms with Crippen molar-refractivity contribution in [2.45, 2.75) is 71.1 Å². The summed E-state index contributed by atoms with van der Waals surface area (Å²) < 4.78 is 5.26. The third-order valence-corrected chi connectivity index (χ3v) is 3.88. The maximum atomic E-state index is 11.8. The number of nitrogen functional groups attached to an aromatic ring is 1. The summed E-state index contributed by atoms with van der Waals surface area (Å²) in [6.45, 7) is 2.76. The molecule has 0 aliphatic rings. The van der Waals surface area contributed by atoms with Gasteiger partial charge in [0.25, 0.3) is 0 Å². The quantitative estimate of drug-likeness (QED) is 0.298. The van der Waals surface area contributed by atoms with Crippen LogP contribution in [0.15, 0.2) is 24.3 Å². The molecule has 1 rings (SSSR count). The average Bonchev–Trinajstić information content (AvgIpc) is 2.53. The average molecular weight is 342 g/mol. The summed E-state index contributed by atoms with van der Waals surface area (Å²) in [5, 5.41) is 0. The summed E-state index contributed by atoms with van der Waals surface area (Å²) in [6.07, 6.45) is 12.8. The SMILES string of the molecule is CCCCCCCCCCCCOC(=O)c1ccc(N)cc1.Cl. The van der Waals surface area contributed by atoms with Crippen molar-refractivity contribution < 1.29 is 9.53 Å². The van der Waals surface area contributed by atoms with Crippen LogP contribution >= 0.6 is 12.4 Å². The van der Waals surface area contributed by atoms with Gasteiger partial charge in [0.2, 0.25) is 0 Å². The lowest BCUT2D eigenvalue weighted by atomic mass is 10.1. The van der Waals surface area contributed by atoms with E-state index in [1.165, 1.54) is 51.4 Å². The number of halogens is 1. The van der Waals surface area contributed by atoms with E-state index in [0.717, 1.165) is 12.8 Å². The van der Waals surface area contributed by atoms with Gasteiger partial charge in [-0.2, -0.15) is 0 Å². The van der Waals surface area contributed by atoms with E-state index in [-0.39, 0.29) is 18.4 Å². The fourth-order valence-corrected chi connectivity index (χ4v) is 2.46. The third-order valence-electron chi connectivity index (χ3n) is 3.88. The molecule has 0 aliphatic carbocycles. The number of rotatable bonds is 12. The fraction of sp³-hybridized carbons (Fsp3) is 0.632. The molecule has 4 heteroatoms. The number of carbonyl (C=O) groups is 1. The van der Waals surface area contributed by atoms with Gasteiger partial charge in [0.1, 0.15) is 0 Å². The monoisotopic (exact) mass is 341 g/mol. The highest BCUT2D eigenvalue weighted by Crippen LogP contribution is 2.11. The minimum atomic E-state index is -0.254. The van der Waals surface area contributed by atoms with Crippen LogP contribution in [-0.2, 0) is 4.74 Å². The Morgan fingerprint density at radius 3 is 1.87 bits per heavy atom. The number of unbranched alkanes of at least 4 members (excludes halogenated alkanes) is 9. The Morgan fingerprint density at radius 2 is 1.35 bits per heavy atom. The molecule has 1 aromatic rings. The summed E-state index contributed by atoms with van der Waals surface area (Å²) in [6, 6.07) is 6.85. The molecular formula is C19H32ClNO2. The number of esters is 1. The molecule has 0 bridgehead atoms. The molecule has 1 aromatic carbocycles. The van der Waals surface area contributed by atoms with Crippen LogP contribution in [0.5, 0.6) is 0 Å². The Balaban J connectivity index is 0.00000484. The lowest BCUT2D eigenvalue weighted by Crippen LogP contribution is -2.06. The van der Waals surface area contributed by atoms with Crippen molar-refractivity contribution in [1.82, 2.24) is 0 Å². The summed E-state index contributed by atoms with van der Waals surface area (Å²) in [5.74, 6) is -0.254. The summed E-state index contributed by atoms with van der Waals surface area (Å²) in [5.41, 5.74) is 6.82. The maximum absolute atomic E-state index is 11.8. The molecule has 0 aromatic heterocycles. The maximum Gasteiger partial charge on any atom is 0.338 e. The van der Waals surface area contributed by atoms with Crippen molar-refractivity contribution in [1.29, 1.82) is 0 Å². The Kier molecular flexibility index (Phi) is 13.6. The first-order valence-corrected chi connectivity index (χ1v) is 8.76. The molecule has 0 saturated heterocycles.